The molecule has 0 aromatic heterocycles. The smallest absolute Gasteiger partial charge is 0.494 e. The summed E-state index contributed by atoms with van der Waals surface area (Å²) < 4.78 is 61.1. The third kappa shape index (κ3) is 4.70. The second kappa shape index (κ2) is 8.14. The highest BCUT2D eigenvalue weighted by molar-refractivity contribution is 5.40. The van der Waals surface area contributed by atoms with Crippen LogP contribution in [0.15, 0.2) is 42.5 Å². The molecule has 27 heavy (non-hydrogen) atoms. The van der Waals surface area contributed by atoms with Gasteiger partial charge in [-0.1, -0.05) is 24.3 Å². The summed E-state index contributed by atoms with van der Waals surface area (Å²) in [6.45, 7) is 2.86. The number of nitrogens with one attached hydrogen (secondary N) is 1. The first kappa shape index (κ1) is 19.4. The first-order valence-corrected chi connectivity index (χ1v) is 8.52. The van der Waals surface area contributed by atoms with Crippen molar-refractivity contribution in [3.8, 4) is 11.5 Å². The van der Waals surface area contributed by atoms with Gasteiger partial charge in [0.15, 0.2) is 11.6 Å². The van der Waals surface area contributed by atoms with Crippen LogP contribution in [0.1, 0.15) is 17.2 Å². The molecule has 1 aliphatic rings. The predicted octanol–water partition coefficient (Wildman–Crippen LogP) is 3.73. The average Bonchev–Trinajstić information content (AvgIpc) is 2.64. The fourth-order valence-corrected chi connectivity index (χ4v) is 3.28. The second-order valence-corrected chi connectivity index (χ2v) is 6.17. The molecule has 2 aromatic carbocycles. The summed E-state index contributed by atoms with van der Waals surface area (Å²) in [6.07, 6.45) is -4.75. The van der Waals surface area contributed by atoms with Crippen LogP contribution in [0.3, 0.4) is 0 Å². The zero-order valence-electron chi connectivity index (χ0n) is 14.7. The molecule has 4 nitrogen and oxygen atoms in total. The van der Waals surface area contributed by atoms with Crippen LogP contribution in [0.5, 0.6) is 11.5 Å². The first-order valence-electron chi connectivity index (χ1n) is 8.52. The number of methoxy groups -OCH3 is 1. The normalized spacial score (nSPS) is 16.8. The number of halogens is 4. The fraction of sp³-hybridized carbons (Fsp3) is 0.368. The Morgan fingerprint density at radius 2 is 1.70 bits per heavy atom. The van der Waals surface area contributed by atoms with Crippen molar-refractivity contribution in [1.29, 1.82) is 0 Å². The van der Waals surface area contributed by atoms with Crippen molar-refractivity contribution in [3.05, 3.63) is 59.4 Å². The molecule has 1 aliphatic heterocycles. The molecule has 8 heteroatoms. The number of alkyl halides is 3. The lowest BCUT2D eigenvalue weighted by Gasteiger charge is -2.36. The molecule has 2 aromatic rings. The summed E-state index contributed by atoms with van der Waals surface area (Å²) in [6, 6.07) is 10.0. The molecule has 146 valence electrons. The standard InChI is InChI=1S/C19H20F4N2O2/c1-26-16-4-2-3-15(17(16)20)18(25-11-9-24-10-12-25)13-5-7-14(8-6-13)27-19(21,22)23/h2-8,18,24H,9-12H2,1H3/t18-/m0/s1. The molecule has 0 spiro atoms. The summed E-state index contributed by atoms with van der Waals surface area (Å²) in [5, 5.41) is 3.24. The summed E-state index contributed by atoms with van der Waals surface area (Å²) in [7, 11) is 1.39. The van der Waals surface area contributed by atoms with Crippen LogP contribution in [-0.4, -0.2) is 44.6 Å². The number of ether oxygens (including phenoxy) is 2. The Labute approximate surface area is 154 Å². The number of piperazine rings is 1. The highest BCUT2D eigenvalue weighted by atomic mass is 19.4. The van der Waals surface area contributed by atoms with Crippen molar-refractivity contribution < 1.29 is 27.0 Å². The molecule has 0 unspecified atom stereocenters. The maximum absolute atomic E-state index is 14.9. The molecule has 1 heterocycles. The van der Waals surface area contributed by atoms with Gasteiger partial charge in [0.2, 0.25) is 0 Å². The lowest BCUT2D eigenvalue weighted by Crippen LogP contribution is -2.45. The topological polar surface area (TPSA) is 33.7 Å². The highest BCUT2D eigenvalue weighted by Crippen LogP contribution is 2.35. The van der Waals surface area contributed by atoms with E-state index in [1.165, 1.54) is 37.4 Å². The van der Waals surface area contributed by atoms with Gasteiger partial charge >= 0.3 is 6.36 Å². The summed E-state index contributed by atoms with van der Waals surface area (Å²) >= 11 is 0. The Morgan fingerprint density at radius 1 is 1.04 bits per heavy atom. The van der Waals surface area contributed by atoms with E-state index in [1.807, 2.05) is 0 Å². The van der Waals surface area contributed by atoms with Crippen LogP contribution in [-0.2, 0) is 0 Å². The van der Waals surface area contributed by atoms with Gasteiger partial charge in [-0.15, -0.1) is 13.2 Å². The minimum absolute atomic E-state index is 0.129. The van der Waals surface area contributed by atoms with Crippen LogP contribution < -0.4 is 14.8 Å². The van der Waals surface area contributed by atoms with Crippen molar-refractivity contribution in [1.82, 2.24) is 10.2 Å². The monoisotopic (exact) mass is 384 g/mol. The highest BCUT2D eigenvalue weighted by Gasteiger charge is 2.32. The maximum Gasteiger partial charge on any atom is 0.573 e. The lowest BCUT2D eigenvalue weighted by molar-refractivity contribution is -0.274. The van der Waals surface area contributed by atoms with Crippen molar-refractivity contribution in [2.45, 2.75) is 12.4 Å². The largest absolute Gasteiger partial charge is 0.573 e. The fourth-order valence-electron chi connectivity index (χ4n) is 3.28. The second-order valence-electron chi connectivity index (χ2n) is 6.17. The van der Waals surface area contributed by atoms with Gasteiger partial charge in [-0.25, -0.2) is 4.39 Å². The Hall–Kier alpha value is -2.32. The molecule has 1 atom stereocenters. The molecule has 0 radical (unpaired) electrons. The van der Waals surface area contributed by atoms with Crippen LogP contribution in [0.2, 0.25) is 0 Å². The molecular weight excluding hydrogens is 364 g/mol. The summed E-state index contributed by atoms with van der Waals surface area (Å²) in [4.78, 5) is 2.09. The van der Waals surface area contributed by atoms with E-state index >= 15 is 0 Å². The SMILES string of the molecule is COc1cccc([C@H](c2ccc(OC(F)(F)F)cc2)N2CCNCC2)c1F. The van der Waals surface area contributed by atoms with E-state index in [0.29, 0.717) is 24.2 Å². The van der Waals surface area contributed by atoms with Crippen molar-refractivity contribution in [2.24, 2.45) is 0 Å². The van der Waals surface area contributed by atoms with Gasteiger partial charge in [0.25, 0.3) is 0 Å². The first-order chi connectivity index (χ1) is 12.9. The van der Waals surface area contributed by atoms with E-state index in [-0.39, 0.29) is 11.5 Å². The van der Waals surface area contributed by atoms with E-state index in [1.54, 1.807) is 12.1 Å². The minimum Gasteiger partial charge on any atom is -0.494 e. The molecule has 1 N–H and O–H groups in total. The van der Waals surface area contributed by atoms with Gasteiger partial charge in [-0.3, -0.25) is 4.90 Å². The van der Waals surface area contributed by atoms with Gasteiger partial charge in [0, 0.05) is 31.7 Å². The van der Waals surface area contributed by atoms with E-state index in [9.17, 15) is 17.6 Å². The van der Waals surface area contributed by atoms with Crippen LogP contribution in [0, 0.1) is 5.82 Å². The number of nitrogens with zero attached hydrogens (tertiary/aromatic N) is 1. The Bertz CT molecular complexity index is 759. The Balaban J connectivity index is 1.98. The van der Waals surface area contributed by atoms with Crippen LogP contribution >= 0.6 is 0 Å². The maximum atomic E-state index is 14.9. The van der Waals surface area contributed by atoms with Gasteiger partial charge in [0.05, 0.1) is 13.2 Å². The molecule has 1 saturated heterocycles. The molecular formula is C19H20F4N2O2. The van der Waals surface area contributed by atoms with E-state index in [0.717, 1.165) is 13.1 Å². The van der Waals surface area contributed by atoms with Gasteiger partial charge in [-0.05, 0) is 23.8 Å². The molecule has 1 fully saturated rings. The van der Waals surface area contributed by atoms with Crippen molar-refractivity contribution in [3.63, 3.8) is 0 Å². The van der Waals surface area contributed by atoms with Crippen molar-refractivity contribution >= 4 is 0 Å². The average molecular weight is 384 g/mol. The summed E-state index contributed by atoms with van der Waals surface area (Å²) in [5.74, 6) is -0.653. The van der Waals surface area contributed by atoms with Gasteiger partial charge < -0.3 is 14.8 Å². The van der Waals surface area contributed by atoms with E-state index < -0.39 is 18.2 Å². The molecule has 0 bridgehead atoms. The molecule has 0 saturated carbocycles. The molecule has 3 rings (SSSR count). The number of rotatable bonds is 5. The molecule has 0 aliphatic carbocycles. The van der Waals surface area contributed by atoms with Crippen LogP contribution in [0.4, 0.5) is 17.6 Å². The van der Waals surface area contributed by atoms with Gasteiger partial charge in [-0.2, -0.15) is 0 Å². The Morgan fingerprint density at radius 3 is 2.30 bits per heavy atom. The predicted molar refractivity (Wildman–Crippen MR) is 92.4 cm³/mol. The van der Waals surface area contributed by atoms with Gasteiger partial charge in [0.1, 0.15) is 5.75 Å². The van der Waals surface area contributed by atoms with Crippen molar-refractivity contribution in [2.75, 3.05) is 33.3 Å². The Kier molecular flexibility index (Phi) is 5.86. The zero-order chi connectivity index (χ0) is 19.4. The van der Waals surface area contributed by atoms with Crippen LogP contribution in [0.25, 0.3) is 0 Å². The lowest BCUT2D eigenvalue weighted by atomic mass is 9.95. The minimum atomic E-state index is -4.75. The number of benzene rings is 2. The van der Waals surface area contributed by atoms with E-state index in [2.05, 4.69) is 15.0 Å². The third-order valence-electron chi connectivity index (χ3n) is 4.45. The number of hydrogen-bond donors (Lipinski definition) is 1. The van der Waals surface area contributed by atoms with E-state index in [4.69, 9.17) is 4.74 Å². The zero-order valence-corrected chi connectivity index (χ0v) is 14.7. The number of hydrogen-bond acceptors (Lipinski definition) is 4. The molecule has 0 amide bonds. The quantitative estimate of drug-likeness (QED) is 0.797. The summed E-state index contributed by atoms with van der Waals surface area (Å²) in [5.41, 5.74) is 1.10. The third-order valence-corrected chi connectivity index (χ3v) is 4.45.